The third-order valence-electron chi connectivity index (χ3n) is 3.18. The van der Waals surface area contributed by atoms with Crippen LogP contribution >= 0.6 is 34.2 Å². The number of rotatable bonds is 6. The molecule has 1 N–H and O–H groups in total. The molecule has 2 aromatic rings. The summed E-state index contributed by atoms with van der Waals surface area (Å²) in [4.78, 5) is 23.7. The minimum Gasteiger partial charge on any atom is -0.493 e. The second-order valence-electron chi connectivity index (χ2n) is 4.81. The number of benzene rings is 2. The van der Waals surface area contributed by atoms with E-state index in [0.717, 1.165) is 3.57 Å². The van der Waals surface area contributed by atoms with E-state index in [1.165, 1.54) is 20.3 Å². The van der Waals surface area contributed by atoms with Gasteiger partial charge in [-0.3, -0.25) is 4.79 Å². The first-order chi connectivity index (χ1) is 11.9. The molecule has 0 spiro atoms. The quantitative estimate of drug-likeness (QED) is 0.509. The highest BCUT2D eigenvalue weighted by Gasteiger charge is 2.14. The standard InChI is InChI=1S/C17H15ClINO5/c1-23-14-6-3-10(7-15(14)25-9-16(21)24-2)17(22)20-13-5-4-11(19)8-12(13)18/h3-8H,9H2,1-2H3,(H,20,22). The third kappa shape index (κ3) is 5.23. The minimum atomic E-state index is -0.539. The van der Waals surface area contributed by atoms with E-state index in [9.17, 15) is 9.59 Å². The van der Waals surface area contributed by atoms with Crippen molar-refractivity contribution in [3.05, 3.63) is 50.6 Å². The molecule has 0 saturated heterocycles. The van der Waals surface area contributed by atoms with Gasteiger partial charge in [0.1, 0.15) is 0 Å². The van der Waals surface area contributed by atoms with E-state index in [1.54, 1.807) is 24.3 Å². The van der Waals surface area contributed by atoms with Crippen molar-refractivity contribution in [1.29, 1.82) is 0 Å². The van der Waals surface area contributed by atoms with Gasteiger partial charge in [-0.2, -0.15) is 0 Å². The molecule has 0 aliphatic heterocycles. The summed E-state index contributed by atoms with van der Waals surface area (Å²) in [6.07, 6.45) is 0. The van der Waals surface area contributed by atoms with Crippen molar-refractivity contribution < 1.29 is 23.8 Å². The average Bonchev–Trinajstić information content (AvgIpc) is 2.61. The number of anilines is 1. The van der Waals surface area contributed by atoms with E-state index in [4.69, 9.17) is 21.1 Å². The number of hydrogen-bond acceptors (Lipinski definition) is 5. The Morgan fingerprint density at radius 3 is 2.52 bits per heavy atom. The van der Waals surface area contributed by atoms with Crippen LogP contribution in [0.4, 0.5) is 5.69 Å². The molecule has 0 atom stereocenters. The Kier molecular flexibility index (Phi) is 6.89. The van der Waals surface area contributed by atoms with Crippen LogP contribution in [0, 0.1) is 3.57 Å². The zero-order chi connectivity index (χ0) is 18.4. The van der Waals surface area contributed by atoms with Crippen LogP contribution in [-0.4, -0.2) is 32.7 Å². The summed E-state index contributed by atoms with van der Waals surface area (Å²) >= 11 is 8.26. The van der Waals surface area contributed by atoms with E-state index in [0.29, 0.717) is 22.0 Å². The van der Waals surface area contributed by atoms with Gasteiger partial charge in [0, 0.05) is 9.13 Å². The molecule has 0 fully saturated rings. The molecule has 0 heterocycles. The average molecular weight is 476 g/mol. The lowest BCUT2D eigenvalue weighted by molar-refractivity contribution is -0.142. The van der Waals surface area contributed by atoms with Gasteiger partial charge in [0.05, 0.1) is 24.9 Å². The Hall–Kier alpha value is -2.00. The zero-order valence-electron chi connectivity index (χ0n) is 13.5. The second kappa shape index (κ2) is 8.91. The van der Waals surface area contributed by atoms with Crippen LogP contribution in [0.15, 0.2) is 36.4 Å². The molecular weight excluding hydrogens is 461 g/mol. The van der Waals surface area contributed by atoms with Crippen molar-refractivity contribution in [2.45, 2.75) is 0 Å². The summed E-state index contributed by atoms with van der Waals surface area (Å²) in [6.45, 7) is -0.291. The van der Waals surface area contributed by atoms with Crippen LogP contribution in [0.1, 0.15) is 10.4 Å². The molecule has 0 unspecified atom stereocenters. The highest BCUT2D eigenvalue weighted by atomic mass is 127. The van der Waals surface area contributed by atoms with Crippen LogP contribution in [0.5, 0.6) is 11.5 Å². The Morgan fingerprint density at radius 2 is 1.88 bits per heavy atom. The molecule has 0 bridgehead atoms. The fourth-order valence-electron chi connectivity index (χ4n) is 1.91. The van der Waals surface area contributed by atoms with Crippen LogP contribution in [0.2, 0.25) is 5.02 Å². The maximum atomic E-state index is 12.4. The zero-order valence-corrected chi connectivity index (χ0v) is 16.4. The topological polar surface area (TPSA) is 73.9 Å². The number of carbonyl (C=O) groups is 2. The molecular formula is C17H15ClINO5. The van der Waals surface area contributed by atoms with Crippen LogP contribution in [0.3, 0.4) is 0 Å². The molecule has 132 valence electrons. The Morgan fingerprint density at radius 1 is 1.12 bits per heavy atom. The molecule has 8 heteroatoms. The lowest BCUT2D eigenvalue weighted by Gasteiger charge is -2.12. The van der Waals surface area contributed by atoms with Crippen LogP contribution < -0.4 is 14.8 Å². The van der Waals surface area contributed by atoms with E-state index >= 15 is 0 Å². The Balaban J connectivity index is 2.20. The number of amides is 1. The molecule has 0 aliphatic carbocycles. The molecule has 0 aromatic heterocycles. The molecule has 0 radical (unpaired) electrons. The maximum Gasteiger partial charge on any atom is 0.343 e. The van der Waals surface area contributed by atoms with E-state index in [-0.39, 0.29) is 18.3 Å². The first kappa shape index (κ1) is 19.3. The summed E-state index contributed by atoms with van der Waals surface area (Å²) in [5.41, 5.74) is 0.829. The largest absolute Gasteiger partial charge is 0.493 e. The van der Waals surface area contributed by atoms with Gasteiger partial charge >= 0.3 is 5.97 Å². The molecule has 0 aliphatic rings. The summed E-state index contributed by atoms with van der Waals surface area (Å²) in [5, 5.41) is 3.17. The predicted molar refractivity (Wildman–Crippen MR) is 103 cm³/mol. The summed E-state index contributed by atoms with van der Waals surface area (Å²) in [7, 11) is 2.73. The van der Waals surface area contributed by atoms with E-state index in [1.807, 2.05) is 6.07 Å². The monoisotopic (exact) mass is 475 g/mol. The number of methoxy groups -OCH3 is 2. The van der Waals surface area contributed by atoms with Crippen LogP contribution in [0.25, 0.3) is 0 Å². The smallest absolute Gasteiger partial charge is 0.343 e. The number of esters is 1. The van der Waals surface area contributed by atoms with Crippen molar-refractivity contribution >= 4 is 51.8 Å². The van der Waals surface area contributed by atoms with Gasteiger partial charge in [-0.05, 0) is 59.0 Å². The van der Waals surface area contributed by atoms with Crippen molar-refractivity contribution in [3.8, 4) is 11.5 Å². The van der Waals surface area contributed by atoms with E-state index < -0.39 is 5.97 Å². The summed E-state index contributed by atoms with van der Waals surface area (Å²) < 4.78 is 16.0. The SMILES string of the molecule is COC(=O)COc1cc(C(=O)Nc2ccc(I)cc2Cl)ccc1OC. The Bertz CT molecular complexity index is 797. The second-order valence-corrected chi connectivity index (χ2v) is 6.46. The number of hydrogen-bond donors (Lipinski definition) is 1. The summed E-state index contributed by atoms with van der Waals surface area (Å²) in [6, 6.07) is 9.95. The number of nitrogens with one attached hydrogen (secondary N) is 1. The summed E-state index contributed by atoms with van der Waals surface area (Å²) in [5.74, 6) is -0.252. The molecule has 6 nitrogen and oxygen atoms in total. The van der Waals surface area contributed by atoms with Gasteiger partial charge < -0.3 is 19.5 Å². The van der Waals surface area contributed by atoms with Crippen LogP contribution in [-0.2, 0) is 9.53 Å². The lowest BCUT2D eigenvalue weighted by Crippen LogP contribution is -2.15. The van der Waals surface area contributed by atoms with Gasteiger partial charge in [-0.25, -0.2) is 4.79 Å². The highest BCUT2D eigenvalue weighted by molar-refractivity contribution is 14.1. The maximum absolute atomic E-state index is 12.4. The lowest BCUT2D eigenvalue weighted by atomic mass is 10.2. The highest BCUT2D eigenvalue weighted by Crippen LogP contribution is 2.29. The normalized spacial score (nSPS) is 10.1. The number of halogens is 2. The fourth-order valence-corrected chi connectivity index (χ4v) is 2.81. The third-order valence-corrected chi connectivity index (χ3v) is 4.16. The molecule has 1 amide bonds. The molecule has 2 rings (SSSR count). The molecule has 0 saturated carbocycles. The van der Waals surface area contributed by atoms with Crippen molar-refractivity contribution in [3.63, 3.8) is 0 Å². The van der Waals surface area contributed by atoms with Gasteiger partial charge in [0.15, 0.2) is 18.1 Å². The van der Waals surface area contributed by atoms with Crippen molar-refractivity contribution in [1.82, 2.24) is 0 Å². The van der Waals surface area contributed by atoms with E-state index in [2.05, 4.69) is 32.6 Å². The number of ether oxygens (including phenoxy) is 3. The van der Waals surface area contributed by atoms with Gasteiger partial charge in [0.25, 0.3) is 5.91 Å². The minimum absolute atomic E-state index is 0.259. The molecule has 2 aromatic carbocycles. The van der Waals surface area contributed by atoms with Gasteiger partial charge in [-0.15, -0.1) is 0 Å². The van der Waals surface area contributed by atoms with Crippen molar-refractivity contribution in [2.24, 2.45) is 0 Å². The van der Waals surface area contributed by atoms with Gasteiger partial charge in [-0.1, -0.05) is 11.6 Å². The van der Waals surface area contributed by atoms with Gasteiger partial charge in [0.2, 0.25) is 0 Å². The first-order valence-electron chi connectivity index (χ1n) is 7.08. The first-order valence-corrected chi connectivity index (χ1v) is 8.54. The predicted octanol–water partition coefficient (Wildman–Crippen LogP) is 3.76. The number of carbonyl (C=O) groups excluding carboxylic acids is 2. The Labute approximate surface area is 163 Å². The fraction of sp³-hybridized carbons (Fsp3) is 0.176. The molecule has 25 heavy (non-hydrogen) atoms. The van der Waals surface area contributed by atoms with Crippen molar-refractivity contribution in [2.75, 3.05) is 26.1 Å².